The van der Waals surface area contributed by atoms with Gasteiger partial charge in [0.05, 0.1) is 5.39 Å². The molecule has 0 aliphatic rings. The molecular formula is C10H7N5S. The molecule has 0 saturated heterocycles. The molecule has 0 aromatic carbocycles. The summed E-state index contributed by atoms with van der Waals surface area (Å²) < 4.78 is 0. The van der Waals surface area contributed by atoms with Crippen molar-refractivity contribution in [3.8, 4) is 0 Å². The van der Waals surface area contributed by atoms with Crippen molar-refractivity contribution in [2.24, 2.45) is 0 Å². The second-order valence-electron chi connectivity index (χ2n) is 3.05. The molecule has 5 nitrogen and oxygen atoms in total. The fourth-order valence-corrected chi connectivity index (χ4v) is 2.14. The first kappa shape index (κ1) is 9.29. The second kappa shape index (κ2) is 3.90. The van der Waals surface area contributed by atoms with Crippen molar-refractivity contribution in [3.05, 3.63) is 37.1 Å². The smallest absolute Gasteiger partial charge is 0.171 e. The van der Waals surface area contributed by atoms with E-state index in [1.807, 2.05) is 12.1 Å². The molecule has 6 heteroatoms. The van der Waals surface area contributed by atoms with Crippen LogP contribution in [0.5, 0.6) is 0 Å². The Balaban J connectivity index is 2.10. The summed E-state index contributed by atoms with van der Waals surface area (Å²) in [5.41, 5.74) is 0.701. The SMILES string of the molecule is c1cnc2ncnc(Sc3ncc[nH]3)c2c1. The highest BCUT2D eigenvalue weighted by Gasteiger charge is 2.06. The zero-order chi connectivity index (χ0) is 10.8. The van der Waals surface area contributed by atoms with Gasteiger partial charge in [0.15, 0.2) is 10.8 Å². The number of aromatic amines is 1. The standard InChI is InChI=1S/C10H7N5S/c1-2-7-8(11-3-1)14-6-15-9(7)16-10-12-4-5-13-10/h1-6H,(H,12,13). The summed E-state index contributed by atoms with van der Waals surface area (Å²) in [6.45, 7) is 0. The van der Waals surface area contributed by atoms with Gasteiger partial charge >= 0.3 is 0 Å². The van der Waals surface area contributed by atoms with Crippen molar-refractivity contribution in [1.29, 1.82) is 0 Å². The number of nitrogens with one attached hydrogen (secondary N) is 1. The van der Waals surface area contributed by atoms with Gasteiger partial charge in [-0.1, -0.05) is 0 Å². The average molecular weight is 229 g/mol. The van der Waals surface area contributed by atoms with Crippen molar-refractivity contribution < 1.29 is 0 Å². The Kier molecular flexibility index (Phi) is 2.26. The molecule has 0 aliphatic carbocycles. The minimum atomic E-state index is 0.701. The second-order valence-corrected chi connectivity index (χ2v) is 4.03. The number of imidazole rings is 1. The van der Waals surface area contributed by atoms with Crippen LogP contribution in [0.2, 0.25) is 0 Å². The maximum atomic E-state index is 4.23. The minimum Gasteiger partial charge on any atom is -0.339 e. The summed E-state index contributed by atoms with van der Waals surface area (Å²) in [5, 5.41) is 2.60. The van der Waals surface area contributed by atoms with E-state index in [0.29, 0.717) is 5.65 Å². The van der Waals surface area contributed by atoms with Gasteiger partial charge in [-0.25, -0.2) is 19.9 Å². The molecule has 3 aromatic rings. The Morgan fingerprint density at radius 3 is 2.94 bits per heavy atom. The van der Waals surface area contributed by atoms with E-state index in [9.17, 15) is 0 Å². The highest BCUT2D eigenvalue weighted by atomic mass is 32.2. The Hall–Kier alpha value is -1.95. The Morgan fingerprint density at radius 1 is 1.06 bits per heavy atom. The molecule has 0 spiro atoms. The molecule has 3 aromatic heterocycles. The number of aromatic nitrogens is 5. The van der Waals surface area contributed by atoms with Crippen LogP contribution in [0.15, 0.2) is 47.2 Å². The van der Waals surface area contributed by atoms with Crippen LogP contribution in [0.1, 0.15) is 0 Å². The van der Waals surface area contributed by atoms with E-state index in [4.69, 9.17) is 0 Å². The summed E-state index contributed by atoms with van der Waals surface area (Å²) in [6, 6.07) is 3.82. The molecule has 3 rings (SSSR count). The third kappa shape index (κ3) is 1.63. The van der Waals surface area contributed by atoms with E-state index >= 15 is 0 Å². The van der Waals surface area contributed by atoms with Crippen LogP contribution in [0.25, 0.3) is 11.0 Å². The highest BCUT2D eigenvalue weighted by molar-refractivity contribution is 7.99. The quantitative estimate of drug-likeness (QED) is 0.680. The molecule has 0 amide bonds. The monoisotopic (exact) mass is 229 g/mol. The molecule has 0 radical (unpaired) electrons. The lowest BCUT2D eigenvalue weighted by Crippen LogP contribution is -1.89. The Morgan fingerprint density at radius 2 is 2.06 bits per heavy atom. The van der Waals surface area contributed by atoms with E-state index in [1.165, 1.54) is 18.1 Å². The Bertz CT molecular complexity index is 602. The van der Waals surface area contributed by atoms with Gasteiger partial charge in [0.25, 0.3) is 0 Å². The van der Waals surface area contributed by atoms with E-state index < -0.39 is 0 Å². The zero-order valence-corrected chi connectivity index (χ0v) is 8.98. The van der Waals surface area contributed by atoms with Crippen LogP contribution in [0, 0.1) is 0 Å². The summed E-state index contributed by atoms with van der Waals surface area (Å²) in [7, 11) is 0. The topological polar surface area (TPSA) is 67.3 Å². The lowest BCUT2D eigenvalue weighted by atomic mass is 10.3. The molecular weight excluding hydrogens is 222 g/mol. The van der Waals surface area contributed by atoms with Gasteiger partial charge in [-0.05, 0) is 23.9 Å². The maximum absolute atomic E-state index is 4.23. The molecule has 3 heterocycles. The number of hydrogen-bond acceptors (Lipinski definition) is 5. The molecule has 1 N–H and O–H groups in total. The molecule has 0 atom stereocenters. The fraction of sp³-hybridized carbons (Fsp3) is 0. The predicted molar refractivity (Wildman–Crippen MR) is 60.0 cm³/mol. The van der Waals surface area contributed by atoms with E-state index in [2.05, 4.69) is 24.9 Å². The van der Waals surface area contributed by atoms with Crippen molar-refractivity contribution in [1.82, 2.24) is 24.9 Å². The minimum absolute atomic E-state index is 0.701. The molecule has 0 unspecified atom stereocenters. The van der Waals surface area contributed by atoms with Gasteiger partial charge in [0.1, 0.15) is 11.4 Å². The number of rotatable bonds is 2. The lowest BCUT2D eigenvalue weighted by molar-refractivity contribution is 1.03. The summed E-state index contributed by atoms with van der Waals surface area (Å²) in [6.07, 6.45) is 6.73. The van der Waals surface area contributed by atoms with Crippen molar-refractivity contribution in [2.45, 2.75) is 10.2 Å². The van der Waals surface area contributed by atoms with E-state index in [-0.39, 0.29) is 0 Å². The van der Waals surface area contributed by atoms with Gasteiger partial charge in [0, 0.05) is 18.6 Å². The number of nitrogens with zero attached hydrogens (tertiary/aromatic N) is 4. The fourth-order valence-electron chi connectivity index (χ4n) is 1.35. The number of fused-ring (bicyclic) bond motifs is 1. The van der Waals surface area contributed by atoms with Gasteiger partial charge in [-0.3, -0.25) is 0 Å². The normalized spacial score (nSPS) is 10.8. The first-order valence-corrected chi connectivity index (χ1v) is 5.48. The van der Waals surface area contributed by atoms with Crippen LogP contribution in [0.4, 0.5) is 0 Å². The van der Waals surface area contributed by atoms with Crippen LogP contribution in [0.3, 0.4) is 0 Å². The zero-order valence-electron chi connectivity index (χ0n) is 8.16. The molecule has 16 heavy (non-hydrogen) atoms. The highest BCUT2D eigenvalue weighted by Crippen LogP contribution is 2.27. The summed E-state index contributed by atoms with van der Waals surface area (Å²) in [4.78, 5) is 19.7. The number of hydrogen-bond donors (Lipinski definition) is 1. The summed E-state index contributed by atoms with van der Waals surface area (Å²) >= 11 is 1.47. The van der Waals surface area contributed by atoms with Crippen molar-refractivity contribution >= 4 is 22.8 Å². The van der Waals surface area contributed by atoms with Crippen LogP contribution >= 0.6 is 11.8 Å². The van der Waals surface area contributed by atoms with Crippen molar-refractivity contribution in [3.63, 3.8) is 0 Å². The summed E-state index contributed by atoms with van der Waals surface area (Å²) in [5.74, 6) is 0. The molecule has 0 saturated carbocycles. The van der Waals surface area contributed by atoms with Gasteiger partial charge in [-0.15, -0.1) is 0 Å². The van der Waals surface area contributed by atoms with Crippen LogP contribution in [-0.2, 0) is 0 Å². The molecule has 78 valence electrons. The van der Waals surface area contributed by atoms with E-state index in [1.54, 1.807) is 18.6 Å². The average Bonchev–Trinajstić information content (AvgIpc) is 2.82. The molecule has 0 fully saturated rings. The third-order valence-electron chi connectivity index (χ3n) is 2.04. The van der Waals surface area contributed by atoms with Gasteiger partial charge in [-0.2, -0.15) is 0 Å². The Labute approximate surface area is 95.4 Å². The van der Waals surface area contributed by atoms with Gasteiger partial charge < -0.3 is 4.98 Å². The number of pyridine rings is 1. The maximum Gasteiger partial charge on any atom is 0.171 e. The predicted octanol–water partition coefficient (Wildman–Crippen LogP) is 1.90. The first-order valence-electron chi connectivity index (χ1n) is 4.66. The van der Waals surface area contributed by atoms with E-state index in [0.717, 1.165) is 15.6 Å². The first-order chi connectivity index (χ1) is 7.93. The molecule has 0 aliphatic heterocycles. The van der Waals surface area contributed by atoms with Crippen molar-refractivity contribution in [2.75, 3.05) is 0 Å². The largest absolute Gasteiger partial charge is 0.339 e. The third-order valence-corrected chi connectivity index (χ3v) is 2.97. The lowest BCUT2D eigenvalue weighted by Gasteiger charge is -2.00. The van der Waals surface area contributed by atoms with Crippen LogP contribution in [-0.4, -0.2) is 24.9 Å². The number of H-pyrrole nitrogens is 1. The van der Waals surface area contributed by atoms with Gasteiger partial charge in [0.2, 0.25) is 0 Å². The van der Waals surface area contributed by atoms with Crippen LogP contribution < -0.4 is 0 Å². The molecule has 0 bridgehead atoms.